The Morgan fingerprint density at radius 3 is 2.37 bits per heavy atom. The highest BCUT2D eigenvalue weighted by Gasteiger charge is 2.28. The summed E-state index contributed by atoms with van der Waals surface area (Å²) in [5.74, 6) is -2.28. The molecule has 0 aliphatic carbocycles. The van der Waals surface area contributed by atoms with Crippen molar-refractivity contribution < 1.29 is 28.6 Å². The van der Waals surface area contributed by atoms with Crippen LogP contribution in [0.1, 0.15) is 27.2 Å². The fraction of sp³-hybridized carbons (Fsp3) is 0.290. The molecule has 2 aromatic heterocycles. The highest BCUT2D eigenvalue weighted by molar-refractivity contribution is 6.44. The fourth-order valence-corrected chi connectivity index (χ4v) is 4.94. The van der Waals surface area contributed by atoms with Gasteiger partial charge in [0.1, 0.15) is 17.9 Å². The van der Waals surface area contributed by atoms with Gasteiger partial charge in [0.15, 0.2) is 6.61 Å². The average molecular weight is 557 g/mol. The number of rotatable bonds is 11. The van der Waals surface area contributed by atoms with Gasteiger partial charge < -0.3 is 19.9 Å². The van der Waals surface area contributed by atoms with Crippen molar-refractivity contribution in [1.82, 2.24) is 14.5 Å². The highest BCUT2D eigenvalue weighted by atomic mass is 16.6. The molecule has 10 nitrogen and oxygen atoms in total. The molecule has 0 unspecified atom stereocenters. The predicted octanol–water partition coefficient (Wildman–Crippen LogP) is 2.82. The Bertz CT molecular complexity index is 1550. The monoisotopic (exact) mass is 556 g/mol. The summed E-state index contributed by atoms with van der Waals surface area (Å²) >= 11 is 0. The van der Waals surface area contributed by atoms with E-state index in [0.717, 1.165) is 24.2 Å². The average Bonchev–Trinajstić information content (AvgIpc) is 3.27. The van der Waals surface area contributed by atoms with Crippen molar-refractivity contribution >= 4 is 23.2 Å². The van der Waals surface area contributed by atoms with Gasteiger partial charge in [0.2, 0.25) is 0 Å². The molecule has 1 aliphatic heterocycles. The first-order valence-corrected chi connectivity index (χ1v) is 13.5. The molecule has 0 spiro atoms. The van der Waals surface area contributed by atoms with E-state index in [2.05, 4.69) is 4.90 Å². The second kappa shape index (κ2) is 12.8. The van der Waals surface area contributed by atoms with E-state index in [1.807, 2.05) is 60.7 Å². The van der Waals surface area contributed by atoms with Crippen LogP contribution in [0.4, 0.5) is 0 Å². The smallest absolute Gasteiger partial charge is 0.344 e. The van der Waals surface area contributed by atoms with Crippen LogP contribution in [0, 0.1) is 6.92 Å². The summed E-state index contributed by atoms with van der Waals surface area (Å²) in [4.78, 5) is 40.0. The Labute approximate surface area is 237 Å². The van der Waals surface area contributed by atoms with Gasteiger partial charge in [-0.1, -0.05) is 60.7 Å². The minimum absolute atomic E-state index is 0.103. The van der Waals surface area contributed by atoms with Crippen molar-refractivity contribution in [3.05, 3.63) is 89.1 Å². The van der Waals surface area contributed by atoms with Crippen LogP contribution in [0.3, 0.4) is 0 Å². The molecule has 0 bridgehead atoms. The highest BCUT2D eigenvalue weighted by Crippen LogP contribution is 2.34. The van der Waals surface area contributed by atoms with Gasteiger partial charge in [-0.25, -0.2) is 9.31 Å². The zero-order valence-electron chi connectivity index (χ0n) is 22.9. The number of ketones is 1. The quantitative estimate of drug-likeness (QED) is 0.170. The molecule has 5 rings (SSSR count). The molecule has 10 heteroatoms. The molecule has 41 heavy (non-hydrogen) atoms. The van der Waals surface area contributed by atoms with Crippen molar-refractivity contribution in [1.29, 1.82) is 0 Å². The van der Waals surface area contributed by atoms with Crippen LogP contribution in [0.2, 0.25) is 0 Å². The van der Waals surface area contributed by atoms with Crippen LogP contribution in [-0.2, 0) is 25.5 Å². The van der Waals surface area contributed by atoms with Crippen LogP contribution >= 0.6 is 0 Å². The number of carbonyl (C=O) groups is 3. The van der Waals surface area contributed by atoms with E-state index in [1.54, 1.807) is 17.5 Å². The maximum atomic E-state index is 13.1. The van der Waals surface area contributed by atoms with E-state index >= 15 is 0 Å². The zero-order valence-corrected chi connectivity index (χ0v) is 22.9. The summed E-state index contributed by atoms with van der Waals surface area (Å²) in [6.07, 6.45) is 0.439. The molecular weight excluding hydrogens is 524 g/mol. The number of morpholine rings is 1. The van der Waals surface area contributed by atoms with Crippen LogP contribution in [0.5, 0.6) is 5.75 Å². The van der Waals surface area contributed by atoms with E-state index in [1.165, 1.54) is 0 Å². The molecule has 4 aromatic rings. The van der Waals surface area contributed by atoms with Crippen LogP contribution in [0.15, 0.2) is 66.7 Å². The third-order valence-electron chi connectivity index (χ3n) is 7.08. The first kappa shape index (κ1) is 28.0. The summed E-state index contributed by atoms with van der Waals surface area (Å²) in [7, 11) is 0. The lowest BCUT2D eigenvalue weighted by molar-refractivity contribution is -0.146. The summed E-state index contributed by atoms with van der Waals surface area (Å²) in [6, 6.07) is 20.9. The number of nitrogens with two attached hydrogens (primary N) is 1. The number of Topliss-reactive ketones (excluding diaryl/α,β-unsaturated/α-hetero) is 1. The Balaban J connectivity index is 1.51. The van der Waals surface area contributed by atoms with Crippen molar-refractivity contribution in [2.75, 3.05) is 46.1 Å². The zero-order chi connectivity index (χ0) is 28.8. The molecule has 2 aromatic carbocycles. The number of ether oxygens (including phenoxy) is 3. The third kappa shape index (κ3) is 6.45. The van der Waals surface area contributed by atoms with E-state index < -0.39 is 17.7 Å². The standard InChI is InChI=1S/C31H32N4O6/c1-21-25(18-22-8-4-2-5-9-22)35-29(28(21)30(37)31(32)38)26(19-24(33-35)23-10-6-3-7-11-23)41-20-27(36)40-17-14-34-12-15-39-16-13-34/h2-11,19H,12-18,20H2,1H3,(H2,32,38). The van der Waals surface area contributed by atoms with Crippen molar-refractivity contribution in [3.63, 3.8) is 0 Å². The minimum Gasteiger partial charge on any atom is -0.480 e. The molecular formula is C31H32N4O6. The topological polar surface area (TPSA) is 125 Å². The van der Waals surface area contributed by atoms with E-state index in [4.69, 9.17) is 25.0 Å². The Morgan fingerprint density at radius 2 is 1.68 bits per heavy atom. The molecule has 0 atom stereocenters. The number of fused-ring (bicyclic) bond motifs is 1. The first-order valence-electron chi connectivity index (χ1n) is 13.5. The van der Waals surface area contributed by atoms with Gasteiger partial charge in [-0.3, -0.25) is 14.5 Å². The van der Waals surface area contributed by atoms with E-state index in [0.29, 0.717) is 43.1 Å². The van der Waals surface area contributed by atoms with Crippen LogP contribution < -0.4 is 10.5 Å². The predicted molar refractivity (Wildman–Crippen MR) is 152 cm³/mol. The maximum Gasteiger partial charge on any atom is 0.344 e. The lowest BCUT2D eigenvalue weighted by Gasteiger charge is -2.26. The normalized spacial score (nSPS) is 13.7. The van der Waals surface area contributed by atoms with Gasteiger partial charge >= 0.3 is 5.97 Å². The van der Waals surface area contributed by atoms with Gasteiger partial charge in [0.05, 0.1) is 30.2 Å². The van der Waals surface area contributed by atoms with Crippen molar-refractivity contribution in [2.45, 2.75) is 13.3 Å². The van der Waals surface area contributed by atoms with Gasteiger partial charge in [-0.05, 0) is 18.1 Å². The number of hydrogen-bond donors (Lipinski definition) is 1. The Hall–Kier alpha value is -4.54. The molecule has 2 N–H and O–H groups in total. The number of carbonyl (C=O) groups excluding carboxylic acids is 3. The summed E-state index contributed by atoms with van der Waals surface area (Å²) in [5.41, 5.74) is 9.47. The Kier molecular flexibility index (Phi) is 8.71. The number of esters is 1. The molecule has 0 saturated carbocycles. The van der Waals surface area contributed by atoms with Crippen molar-refractivity contribution in [2.24, 2.45) is 5.73 Å². The first-order chi connectivity index (χ1) is 19.9. The van der Waals surface area contributed by atoms with Gasteiger partial charge in [0, 0.05) is 37.7 Å². The lowest BCUT2D eigenvalue weighted by Crippen LogP contribution is -2.38. The lowest BCUT2D eigenvalue weighted by atomic mass is 10.0. The molecule has 1 saturated heterocycles. The van der Waals surface area contributed by atoms with Crippen LogP contribution in [-0.4, -0.2) is 78.2 Å². The molecule has 1 aliphatic rings. The summed E-state index contributed by atoms with van der Waals surface area (Å²) in [5, 5.41) is 4.85. The Morgan fingerprint density at radius 1 is 1.00 bits per heavy atom. The third-order valence-corrected chi connectivity index (χ3v) is 7.08. The van der Waals surface area contributed by atoms with Gasteiger partial charge in [-0.2, -0.15) is 5.10 Å². The van der Waals surface area contributed by atoms with E-state index in [-0.39, 0.29) is 30.0 Å². The SMILES string of the molecule is Cc1c(C(=O)C(N)=O)c2c(OCC(=O)OCCN3CCOCC3)cc(-c3ccccc3)nn2c1Cc1ccccc1. The van der Waals surface area contributed by atoms with Gasteiger partial charge in [0.25, 0.3) is 11.7 Å². The van der Waals surface area contributed by atoms with Gasteiger partial charge in [-0.15, -0.1) is 0 Å². The molecule has 212 valence electrons. The summed E-state index contributed by atoms with van der Waals surface area (Å²) in [6.45, 7) is 5.10. The largest absolute Gasteiger partial charge is 0.480 e. The molecule has 3 heterocycles. The number of primary amides is 1. The number of benzene rings is 2. The van der Waals surface area contributed by atoms with E-state index in [9.17, 15) is 14.4 Å². The number of aromatic nitrogens is 2. The molecule has 1 amide bonds. The fourth-order valence-electron chi connectivity index (χ4n) is 4.94. The van der Waals surface area contributed by atoms with Crippen LogP contribution in [0.25, 0.3) is 16.8 Å². The second-order valence-electron chi connectivity index (χ2n) is 9.79. The maximum absolute atomic E-state index is 13.1. The minimum atomic E-state index is -1.09. The second-order valence-corrected chi connectivity index (χ2v) is 9.79. The summed E-state index contributed by atoms with van der Waals surface area (Å²) < 4.78 is 18.4. The molecule has 0 radical (unpaired) electrons. The number of nitrogens with zero attached hydrogens (tertiary/aromatic N) is 3. The van der Waals surface area contributed by atoms with Crippen molar-refractivity contribution in [3.8, 4) is 17.0 Å². The number of amides is 1. The number of hydrogen-bond acceptors (Lipinski definition) is 8. The molecule has 1 fully saturated rings.